The van der Waals surface area contributed by atoms with Crippen LogP contribution in [0, 0.1) is 0 Å². The van der Waals surface area contributed by atoms with Gasteiger partial charge in [0, 0.05) is 22.0 Å². The minimum absolute atomic E-state index is 0.580. The SMILES string of the molecule is Clc1ccc2oc3ncc(Cl)cc3c2c1. The van der Waals surface area contributed by atoms with Crippen LogP contribution >= 0.6 is 23.2 Å². The summed E-state index contributed by atoms with van der Waals surface area (Å²) in [7, 11) is 0. The molecule has 0 fully saturated rings. The quantitative estimate of drug-likeness (QED) is 0.583. The number of hydrogen-bond acceptors (Lipinski definition) is 2. The molecule has 0 aliphatic heterocycles. The molecule has 3 rings (SSSR count). The van der Waals surface area contributed by atoms with Crippen LogP contribution in [-0.4, -0.2) is 4.98 Å². The monoisotopic (exact) mass is 237 g/mol. The summed E-state index contributed by atoms with van der Waals surface area (Å²) in [5.74, 6) is 0. The van der Waals surface area contributed by atoms with Crippen molar-refractivity contribution < 1.29 is 4.42 Å². The number of halogens is 2. The second kappa shape index (κ2) is 3.12. The van der Waals surface area contributed by atoms with Gasteiger partial charge in [-0.1, -0.05) is 23.2 Å². The van der Waals surface area contributed by atoms with E-state index in [0.717, 1.165) is 16.4 Å². The molecule has 2 nitrogen and oxygen atoms in total. The molecule has 2 heterocycles. The molecule has 0 spiro atoms. The topological polar surface area (TPSA) is 26.0 Å². The van der Waals surface area contributed by atoms with E-state index in [4.69, 9.17) is 27.6 Å². The van der Waals surface area contributed by atoms with Crippen molar-refractivity contribution in [3.05, 3.63) is 40.5 Å². The molecule has 0 saturated heterocycles. The third kappa shape index (κ3) is 1.37. The largest absolute Gasteiger partial charge is 0.438 e. The van der Waals surface area contributed by atoms with Crippen LogP contribution in [0.15, 0.2) is 34.9 Å². The summed E-state index contributed by atoms with van der Waals surface area (Å²) in [5.41, 5.74) is 1.35. The van der Waals surface area contributed by atoms with Crippen molar-refractivity contribution in [1.29, 1.82) is 0 Å². The van der Waals surface area contributed by atoms with Crippen molar-refractivity contribution in [3.63, 3.8) is 0 Å². The highest BCUT2D eigenvalue weighted by molar-refractivity contribution is 6.32. The van der Waals surface area contributed by atoms with Gasteiger partial charge in [-0.25, -0.2) is 4.98 Å². The molecule has 4 heteroatoms. The number of pyridine rings is 1. The molecule has 0 N–H and O–H groups in total. The zero-order valence-electron chi connectivity index (χ0n) is 7.50. The fourth-order valence-electron chi connectivity index (χ4n) is 1.61. The van der Waals surface area contributed by atoms with Crippen LogP contribution in [0.25, 0.3) is 22.1 Å². The molecule has 15 heavy (non-hydrogen) atoms. The molecule has 3 aromatic rings. The first kappa shape index (κ1) is 9.01. The summed E-state index contributed by atoms with van der Waals surface area (Å²) >= 11 is 11.8. The lowest BCUT2D eigenvalue weighted by Gasteiger charge is -1.90. The van der Waals surface area contributed by atoms with E-state index in [-0.39, 0.29) is 0 Å². The highest BCUT2D eigenvalue weighted by Gasteiger charge is 2.08. The molecular formula is C11H5Cl2NO. The standard InChI is InChI=1S/C11H5Cl2NO/c12-6-1-2-10-8(3-6)9-4-7(13)5-14-11(9)15-10/h1-5H. The first-order valence-electron chi connectivity index (χ1n) is 4.37. The first-order chi connectivity index (χ1) is 7.24. The summed E-state index contributed by atoms with van der Waals surface area (Å²) in [5, 5.41) is 3.09. The van der Waals surface area contributed by atoms with E-state index in [2.05, 4.69) is 4.98 Å². The normalized spacial score (nSPS) is 11.3. The number of rotatable bonds is 0. The van der Waals surface area contributed by atoms with Crippen LogP contribution in [0.3, 0.4) is 0 Å². The van der Waals surface area contributed by atoms with Crippen LogP contribution in [0.5, 0.6) is 0 Å². The van der Waals surface area contributed by atoms with E-state index in [9.17, 15) is 0 Å². The first-order valence-corrected chi connectivity index (χ1v) is 5.13. The second-order valence-electron chi connectivity index (χ2n) is 3.25. The Morgan fingerprint density at radius 3 is 2.67 bits per heavy atom. The number of fused-ring (bicyclic) bond motifs is 3. The van der Waals surface area contributed by atoms with Gasteiger partial charge < -0.3 is 4.42 Å². The van der Waals surface area contributed by atoms with Gasteiger partial charge in [-0.3, -0.25) is 0 Å². The maximum atomic E-state index is 5.92. The van der Waals surface area contributed by atoms with Gasteiger partial charge in [0.05, 0.1) is 5.02 Å². The second-order valence-corrected chi connectivity index (χ2v) is 4.12. The van der Waals surface area contributed by atoms with Gasteiger partial charge in [-0.2, -0.15) is 0 Å². The minimum atomic E-state index is 0.580. The molecule has 0 unspecified atom stereocenters. The molecule has 0 aliphatic carbocycles. The van der Waals surface area contributed by atoms with Gasteiger partial charge in [-0.05, 0) is 24.3 Å². The molecule has 0 saturated carbocycles. The molecule has 0 radical (unpaired) electrons. The Bertz CT molecular complexity index is 604. The fraction of sp³-hybridized carbons (Fsp3) is 0. The Morgan fingerprint density at radius 1 is 1.00 bits per heavy atom. The predicted octanol–water partition coefficient (Wildman–Crippen LogP) is 4.29. The average molecular weight is 238 g/mol. The summed E-state index contributed by atoms with van der Waals surface area (Å²) < 4.78 is 5.53. The van der Waals surface area contributed by atoms with Crippen LogP contribution in [0.4, 0.5) is 0 Å². The Morgan fingerprint density at radius 2 is 1.80 bits per heavy atom. The van der Waals surface area contributed by atoms with Gasteiger partial charge in [0.15, 0.2) is 0 Å². The molecule has 74 valence electrons. The van der Waals surface area contributed by atoms with Crippen LogP contribution < -0.4 is 0 Å². The minimum Gasteiger partial charge on any atom is -0.438 e. The number of hydrogen-bond donors (Lipinski definition) is 0. The molecule has 1 aromatic carbocycles. The van der Waals surface area contributed by atoms with Crippen molar-refractivity contribution >= 4 is 45.3 Å². The van der Waals surface area contributed by atoms with Crippen molar-refractivity contribution in [2.45, 2.75) is 0 Å². The van der Waals surface area contributed by atoms with Crippen LogP contribution in [-0.2, 0) is 0 Å². The zero-order chi connectivity index (χ0) is 10.4. The van der Waals surface area contributed by atoms with Crippen molar-refractivity contribution in [2.24, 2.45) is 0 Å². The maximum absolute atomic E-state index is 5.92. The number of benzene rings is 1. The van der Waals surface area contributed by atoms with Crippen molar-refractivity contribution in [2.75, 3.05) is 0 Å². The number of aromatic nitrogens is 1. The van der Waals surface area contributed by atoms with E-state index < -0.39 is 0 Å². The van der Waals surface area contributed by atoms with Crippen LogP contribution in [0.2, 0.25) is 10.0 Å². The van der Waals surface area contributed by atoms with Gasteiger partial charge in [0.2, 0.25) is 5.71 Å². The average Bonchev–Trinajstić information content (AvgIpc) is 2.56. The third-order valence-electron chi connectivity index (χ3n) is 2.26. The highest BCUT2D eigenvalue weighted by Crippen LogP contribution is 2.30. The Labute approximate surface area is 95.4 Å². The van der Waals surface area contributed by atoms with E-state index in [1.807, 2.05) is 18.2 Å². The molecule has 0 bridgehead atoms. The van der Waals surface area contributed by atoms with E-state index in [1.165, 1.54) is 0 Å². The van der Waals surface area contributed by atoms with Crippen LogP contribution in [0.1, 0.15) is 0 Å². The van der Waals surface area contributed by atoms with Crippen molar-refractivity contribution in [3.8, 4) is 0 Å². The Balaban J connectivity index is 2.55. The van der Waals surface area contributed by atoms with Gasteiger partial charge >= 0.3 is 0 Å². The number of nitrogens with zero attached hydrogens (tertiary/aromatic N) is 1. The summed E-state index contributed by atoms with van der Waals surface area (Å²) in [4.78, 5) is 4.11. The lowest BCUT2D eigenvalue weighted by atomic mass is 10.2. The molecule has 0 atom stereocenters. The summed E-state index contributed by atoms with van der Waals surface area (Å²) in [6.07, 6.45) is 1.56. The number of furan rings is 1. The smallest absolute Gasteiger partial charge is 0.227 e. The Hall–Kier alpha value is -1.25. The molecule has 2 aromatic heterocycles. The van der Waals surface area contributed by atoms with E-state index in [0.29, 0.717) is 15.8 Å². The summed E-state index contributed by atoms with van der Waals surface area (Å²) in [6.45, 7) is 0. The van der Waals surface area contributed by atoms with Crippen molar-refractivity contribution in [1.82, 2.24) is 4.98 Å². The predicted molar refractivity (Wildman–Crippen MR) is 61.5 cm³/mol. The van der Waals surface area contributed by atoms with Gasteiger partial charge in [0.25, 0.3) is 0 Å². The third-order valence-corrected chi connectivity index (χ3v) is 2.70. The Kier molecular flexibility index (Phi) is 1.87. The molecular weight excluding hydrogens is 233 g/mol. The fourth-order valence-corrected chi connectivity index (χ4v) is 1.94. The maximum Gasteiger partial charge on any atom is 0.227 e. The summed E-state index contributed by atoms with van der Waals surface area (Å²) in [6, 6.07) is 7.29. The zero-order valence-corrected chi connectivity index (χ0v) is 9.01. The van der Waals surface area contributed by atoms with Gasteiger partial charge in [0.1, 0.15) is 5.58 Å². The molecule has 0 amide bonds. The lowest BCUT2D eigenvalue weighted by molar-refractivity contribution is 0.654. The lowest BCUT2D eigenvalue weighted by Crippen LogP contribution is -1.72. The molecule has 0 aliphatic rings. The van der Waals surface area contributed by atoms with E-state index in [1.54, 1.807) is 12.3 Å². The van der Waals surface area contributed by atoms with E-state index >= 15 is 0 Å². The highest BCUT2D eigenvalue weighted by atomic mass is 35.5. The van der Waals surface area contributed by atoms with Gasteiger partial charge in [-0.15, -0.1) is 0 Å².